The van der Waals surface area contributed by atoms with Crippen LogP contribution in [0.2, 0.25) is 0 Å². The number of oxazole rings is 2. The van der Waals surface area contributed by atoms with Gasteiger partial charge in [-0.15, -0.1) is 0 Å². The van der Waals surface area contributed by atoms with Gasteiger partial charge >= 0.3 is 12.4 Å². The van der Waals surface area contributed by atoms with Crippen LogP contribution < -0.4 is 0 Å². The molecule has 0 aliphatic heterocycles. The molecule has 0 aliphatic carbocycles. The molecule has 2 aromatic heterocycles. The molecule has 0 bridgehead atoms. The minimum absolute atomic E-state index is 0.0463. The first-order valence-corrected chi connectivity index (χ1v) is 12.7. The summed E-state index contributed by atoms with van der Waals surface area (Å²) >= 11 is 0. The zero-order chi connectivity index (χ0) is 30.9. The van der Waals surface area contributed by atoms with Crippen LogP contribution in [0.5, 0.6) is 11.5 Å². The summed E-state index contributed by atoms with van der Waals surface area (Å²) in [5.41, 5.74) is -5.62. The van der Waals surface area contributed by atoms with Gasteiger partial charge in [0.25, 0.3) is 0 Å². The minimum atomic E-state index is -5.85. The number of aromatic nitrogens is 2. The van der Waals surface area contributed by atoms with Gasteiger partial charge in [0.1, 0.15) is 22.5 Å². The van der Waals surface area contributed by atoms with Crippen LogP contribution in [0.3, 0.4) is 0 Å². The van der Waals surface area contributed by atoms with Crippen molar-refractivity contribution in [2.24, 2.45) is 0 Å². The van der Waals surface area contributed by atoms with E-state index in [1.54, 1.807) is 38.1 Å². The normalized spacial score (nSPS) is 12.8. The van der Waals surface area contributed by atoms with Crippen molar-refractivity contribution < 1.29 is 45.4 Å². The van der Waals surface area contributed by atoms with Crippen molar-refractivity contribution in [3.05, 3.63) is 95.1 Å². The standard InChI is InChI=1S/C31H20F6N2O4/c1-15-3-5-17(11-23(15)40)27-38-21-13-19(7-9-25(21)42-27)29(30(32,33)34,31(35,36)37)20-8-10-26-22(14-20)39-28(43-26)18-6-4-16(2)24(41)12-18/h3-14,40-41H,1-2H3. The molecule has 0 unspecified atom stereocenters. The van der Waals surface area contributed by atoms with Crippen molar-refractivity contribution in [1.29, 1.82) is 0 Å². The molecule has 4 aromatic carbocycles. The number of aryl methyl sites for hydroxylation is 2. The highest BCUT2D eigenvalue weighted by atomic mass is 19.4. The maximum absolute atomic E-state index is 14.9. The van der Waals surface area contributed by atoms with Crippen LogP contribution in [0, 0.1) is 13.8 Å². The molecule has 0 aliphatic rings. The second-order valence-corrected chi connectivity index (χ2v) is 10.2. The molecule has 0 atom stereocenters. The number of hydrogen-bond donors (Lipinski definition) is 2. The molecule has 6 aromatic rings. The Kier molecular flexibility index (Phi) is 6.22. The van der Waals surface area contributed by atoms with E-state index in [0.717, 1.165) is 12.1 Å². The number of aromatic hydroxyl groups is 2. The molecule has 43 heavy (non-hydrogen) atoms. The fraction of sp³-hybridized carbons (Fsp3) is 0.161. The Morgan fingerprint density at radius 2 is 0.953 bits per heavy atom. The fourth-order valence-electron chi connectivity index (χ4n) is 5.04. The Balaban J connectivity index is 1.53. The van der Waals surface area contributed by atoms with Crippen molar-refractivity contribution in [2.75, 3.05) is 0 Å². The summed E-state index contributed by atoms with van der Waals surface area (Å²) in [7, 11) is 0. The molecule has 6 nitrogen and oxygen atoms in total. The van der Waals surface area contributed by atoms with Crippen LogP contribution in [0.15, 0.2) is 81.6 Å². The Bertz CT molecular complexity index is 1880. The summed E-state index contributed by atoms with van der Waals surface area (Å²) in [4.78, 5) is 8.25. The lowest BCUT2D eigenvalue weighted by molar-refractivity contribution is -0.288. The van der Waals surface area contributed by atoms with Crippen LogP contribution in [0.4, 0.5) is 26.3 Å². The molecular formula is C31H20F6N2O4. The van der Waals surface area contributed by atoms with Gasteiger partial charge in [0, 0.05) is 11.1 Å². The van der Waals surface area contributed by atoms with E-state index in [2.05, 4.69) is 9.97 Å². The van der Waals surface area contributed by atoms with Gasteiger partial charge in [0.05, 0.1) is 0 Å². The third kappa shape index (κ3) is 4.44. The van der Waals surface area contributed by atoms with Gasteiger partial charge in [-0.2, -0.15) is 26.3 Å². The lowest BCUT2D eigenvalue weighted by Crippen LogP contribution is -2.54. The maximum atomic E-state index is 14.9. The van der Waals surface area contributed by atoms with E-state index in [1.165, 1.54) is 12.1 Å². The van der Waals surface area contributed by atoms with E-state index >= 15 is 0 Å². The molecule has 6 rings (SSSR count). The molecule has 2 heterocycles. The number of phenolic OH excluding ortho intramolecular Hbond substituents is 2. The zero-order valence-corrected chi connectivity index (χ0v) is 22.3. The summed E-state index contributed by atoms with van der Waals surface area (Å²) in [5.74, 6) is -0.352. The Morgan fingerprint density at radius 3 is 1.30 bits per heavy atom. The van der Waals surface area contributed by atoms with Gasteiger partial charge in [-0.3, -0.25) is 0 Å². The van der Waals surface area contributed by atoms with Crippen molar-refractivity contribution in [2.45, 2.75) is 31.6 Å². The van der Waals surface area contributed by atoms with E-state index in [0.29, 0.717) is 35.4 Å². The first-order chi connectivity index (χ1) is 20.2. The second-order valence-electron chi connectivity index (χ2n) is 10.2. The van der Waals surface area contributed by atoms with Crippen LogP contribution in [0.1, 0.15) is 22.3 Å². The van der Waals surface area contributed by atoms with Gasteiger partial charge in [-0.1, -0.05) is 24.3 Å². The Hall–Kier alpha value is -5.00. The van der Waals surface area contributed by atoms with E-state index in [1.807, 2.05) is 0 Å². The predicted octanol–water partition coefficient (Wildman–Crippen LogP) is 8.74. The summed E-state index contributed by atoms with van der Waals surface area (Å²) in [5, 5.41) is 20.0. The average Bonchev–Trinajstić information content (AvgIpc) is 3.54. The Morgan fingerprint density at radius 1 is 0.558 bits per heavy atom. The molecule has 0 saturated carbocycles. The maximum Gasteiger partial charge on any atom is 0.411 e. The van der Waals surface area contributed by atoms with E-state index in [-0.39, 0.29) is 56.6 Å². The molecular weight excluding hydrogens is 578 g/mol. The Labute approximate surface area is 238 Å². The first-order valence-electron chi connectivity index (χ1n) is 12.7. The lowest BCUT2D eigenvalue weighted by atomic mass is 9.72. The second kappa shape index (κ2) is 9.51. The molecule has 220 valence electrons. The highest BCUT2D eigenvalue weighted by molar-refractivity contribution is 5.80. The van der Waals surface area contributed by atoms with Crippen molar-refractivity contribution in [1.82, 2.24) is 9.97 Å². The van der Waals surface area contributed by atoms with Gasteiger partial charge < -0.3 is 19.0 Å². The van der Waals surface area contributed by atoms with Crippen LogP contribution >= 0.6 is 0 Å². The van der Waals surface area contributed by atoms with Gasteiger partial charge in [0.15, 0.2) is 11.2 Å². The number of nitrogens with zero attached hydrogens (tertiary/aromatic N) is 2. The van der Waals surface area contributed by atoms with Gasteiger partial charge in [-0.05, 0) is 84.6 Å². The predicted molar refractivity (Wildman–Crippen MR) is 145 cm³/mol. The quantitative estimate of drug-likeness (QED) is 0.197. The van der Waals surface area contributed by atoms with Crippen molar-refractivity contribution in [3.63, 3.8) is 0 Å². The van der Waals surface area contributed by atoms with Gasteiger partial charge in [-0.25, -0.2) is 9.97 Å². The van der Waals surface area contributed by atoms with E-state index in [4.69, 9.17) is 8.83 Å². The summed E-state index contributed by atoms with van der Waals surface area (Å²) in [6.45, 7) is 3.30. The largest absolute Gasteiger partial charge is 0.508 e. The van der Waals surface area contributed by atoms with Crippen molar-refractivity contribution in [3.8, 4) is 34.4 Å². The van der Waals surface area contributed by atoms with E-state index in [9.17, 15) is 36.6 Å². The molecule has 0 radical (unpaired) electrons. The molecule has 12 heteroatoms. The number of hydrogen-bond acceptors (Lipinski definition) is 6. The highest BCUT2D eigenvalue weighted by Crippen LogP contribution is 2.57. The number of fused-ring (bicyclic) bond motifs is 2. The first kappa shape index (κ1) is 28.1. The topological polar surface area (TPSA) is 92.5 Å². The van der Waals surface area contributed by atoms with Gasteiger partial charge in [0.2, 0.25) is 17.2 Å². The lowest BCUT2D eigenvalue weighted by Gasteiger charge is -2.38. The SMILES string of the molecule is Cc1ccc(-c2nc3cc(C(c4ccc5oc(-c6ccc(C)c(O)c6)nc5c4)(C(F)(F)F)C(F)(F)F)ccc3o2)cc1O. The summed E-state index contributed by atoms with van der Waals surface area (Å²) in [6.07, 6.45) is -11.7. The van der Waals surface area contributed by atoms with Crippen molar-refractivity contribution >= 4 is 22.2 Å². The number of alkyl halides is 6. The number of benzene rings is 4. The number of halogens is 6. The highest BCUT2D eigenvalue weighted by Gasteiger charge is 2.72. The molecule has 0 amide bonds. The molecule has 0 spiro atoms. The molecule has 2 N–H and O–H groups in total. The van der Waals surface area contributed by atoms with E-state index < -0.39 is 28.9 Å². The fourth-order valence-corrected chi connectivity index (χ4v) is 5.04. The van der Waals surface area contributed by atoms with Crippen LogP contribution in [0.25, 0.3) is 45.1 Å². The third-order valence-corrected chi connectivity index (χ3v) is 7.40. The zero-order valence-electron chi connectivity index (χ0n) is 22.3. The third-order valence-electron chi connectivity index (χ3n) is 7.40. The molecule has 0 saturated heterocycles. The average molecular weight is 598 g/mol. The minimum Gasteiger partial charge on any atom is -0.508 e. The number of phenols is 2. The molecule has 0 fully saturated rings. The van der Waals surface area contributed by atoms with Crippen LogP contribution in [-0.4, -0.2) is 32.5 Å². The monoisotopic (exact) mass is 598 g/mol. The smallest absolute Gasteiger partial charge is 0.411 e. The summed E-state index contributed by atoms with van der Waals surface area (Å²) < 4.78 is 100. The van der Waals surface area contributed by atoms with Crippen LogP contribution in [-0.2, 0) is 5.41 Å². The number of rotatable bonds is 4. The summed E-state index contributed by atoms with van der Waals surface area (Å²) in [6, 6.07) is 13.7.